The molecule has 1 fully saturated rings. The van der Waals surface area contributed by atoms with Crippen LogP contribution in [0.4, 0.5) is 5.13 Å². The number of piperazine rings is 1. The van der Waals surface area contributed by atoms with E-state index < -0.39 is 0 Å². The highest BCUT2D eigenvalue weighted by Gasteiger charge is 2.20. The van der Waals surface area contributed by atoms with Crippen molar-refractivity contribution in [1.29, 1.82) is 0 Å². The Morgan fingerprint density at radius 1 is 1.06 bits per heavy atom. The van der Waals surface area contributed by atoms with E-state index in [4.69, 9.17) is 16.6 Å². The van der Waals surface area contributed by atoms with Gasteiger partial charge in [0.25, 0.3) is 5.91 Å². The number of benzene rings is 3. The summed E-state index contributed by atoms with van der Waals surface area (Å²) >= 11 is 7.98. The molecule has 0 radical (unpaired) electrons. The molecule has 1 amide bonds. The Kier molecular flexibility index (Phi) is 6.00. The average Bonchev–Trinajstić information content (AvgIpc) is 3.27. The molecule has 164 valence electrons. The van der Waals surface area contributed by atoms with Gasteiger partial charge in [0, 0.05) is 49.9 Å². The van der Waals surface area contributed by atoms with E-state index in [2.05, 4.69) is 27.2 Å². The van der Waals surface area contributed by atoms with Gasteiger partial charge in [0.1, 0.15) is 0 Å². The fourth-order valence-electron chi connectivity index (χ4n) is 4.15. The molecule has 0 spiro atoms. The standard InChI is InChI=1S/C25H25ClN4OS/c1-17-21(26)8-9-22-23(17)28-25(32-22)30-14-12-29(13-15-30)11-10-27-24(31)20-7-6-18-4-2-3-5-19(18)16-20/h2-9,16H,10-15H2,1H3,(H,27,31). The van der Waals surface area contributed by atoms with E-state index in [0.29, 0.717) is 12.1 Å². The maximum absolute atomic E-state index is 12.5. The molecular weight excluding hydrogens is 440 g/mol. The second-order valence-corrected chi connectivity index (χ2v) is 9.58. The first-order valence-corrected chi connectivity index (χ1v) is 12.1. The quantitative estimate of drug-likeness (QED) is 0.453. The molecular formula is C25H25ClN4OS. The van der Waals surface area contributed by atoms with Crippen LogP contribution in [0, 0.1) is 6.92 Å². The van der Waals surface area contributed by atoms with E-state index >= 15 is 0 Å². The Bertz CT molecular complexity index is 1280. The van der Waals surface area contributed by atoms with Crippen LogP contribution in [0.25, 0.3) is 21.0 Å². The smallest absolute Gasteiger partial charge is 0.251 e. The summed E-state index contributed by atoms with van der Waals surface area (Å²) in [6.07, 6.45) is 0. The molecule has 2 heterocycles. The lowest BCUT2D eigenvalue weighted by atomic mass is 10.1. The summed E-state index contributed by atoms with van der Waals surface area (Å²) in [4.78, 5) is 22.1. The molecule has 0 unspecified atom stereocenters. The SMILES string of the molecule is Cc1c(Cl)ccc2sc(N3CCN(CCNC(=O)c4ccc5ccccc5c4)CC3)nc12. The van der Waals surface area contributed by atoms with Gasteiger partial charge in [-0.25, -0.2) is 4.98 Å². The summed E-state index contributed by atoms with van der Waals surface area (Å²) in [5.41, 5.74) is 2.77. The number of thiazole rings is 1. The lowest BCUT2D eigenvalue weighted by Crippen LogP contribution is -2.48. The first-order chi connectivity index (χ1) is 15.6. The van der Waals surface area contributed by atoms with Crippen molar-refractivity contribution in [3.05, 3.63) is 70.7 Å². The molecule has 1 aliphatic heterocycles. The van der Waals surface area contributed by atoms with Gasteiger partial charge < -0.3 is 10.2 Å². The van der Waals surface area contributed by atoms with Gasteiger partial charge >= 0.3 is 0 Å². The molecule has 1 aliphatic rings. The fraction of sp³-hybridized carbons (Fsp3) is 0.280. The number of hydrogen-bond donors (Lipinski definition) is 1. The van der Waals surface area contributed by atoms with E-state index in [1.807, 2.05) is 49.4 Å². The maximum Gasteiger partial charge on any atom is 0.251 e. The first kappa shape index (κ1) is 21.2. The summed E-state index contributed by atoms with van der Waals surface area (Å²) in [6.45, 7) is 7.31. The van der Waals surface area contributed by atoms with Gasteiger partial charge in [-0.1, -0.05) is 53.3 Å². The van der Waals surface area contributed by atoms with Gasteiger partial charge in [0.15, 0.2) is 5.13 Å². The summed E-state index contributed by atoms with van der Waals surface area (Å²) in [5.74, 6) is -0.0158. The Balaban J connectivity index is 1.13. The monoisotopic (exact) mass is 464 g/mol. The van der Waals surface area contributed by atoms with Crippen molar-refractivity contribution in [1.82, 2.24) is 15.2 Å². The highest BCUT2D eigenvalue weighted by Crippen LogP contribution is 2.33. The zero-order valence-corrected chi connectivity index (χ0v) is 19.5. The van der Waals surface area contributed by atoms with Crippen LogP contribution < -0.4 is 10.2 Å². The summed E-state index contributed by atoms with van der Waals surface area (Å²) in [5, 5.41) is 7.13. The molecule has 1 aromatic heterocycles. The van der Waals surface area contributed by atoms with Crippen molar-refractivity contribution in [2.24, 2.45) is 0 Å². The molecule has 4 aromatic rings. The number of nitrogens with one attached hydrogen (secondary N) is 1. The molecule has 32 heavy (non-hydrogen) atoms. The van der Waals surface area contributed by atoms with Crippen LogP contribution in [-0.4, -0.2) is 55.1 Å². The topological polar surface area (TPSA) is 48.5 Å². The summed E-state index contributed by atoms with van der Waals surface area (Å²) < 4.78 is 1.18. The second-order valence-electron chi connectivity index (χ2n) is 8.16. The van der Waals surface area contributed by atoms with Gasteiger partial charge in [0.2, 0.25) is 0 Å². The number of carbonyl (C=O) groups is 1. The van der Waals surface area contributed by atoms with E-state index in [1.54, 1.807) is 11.3 Å². The predicted octanol–water partition coefficient (Wildman–Crippen LogP) is 4.96. The van der Waals surface area contributed by atoms with Crippen LogP contribution in [0.1, 0.15) is 15.9 Å². The Hall–Kier alpha value is -2.67. The number of rotatable bonds is 5. The van der Waals surface area contributed by atoms with Crippen LogP contribution in [0.5, 0.6) is 0 Å². The van der Waals surface area contributed by atoms with Gasteiger partial charge in [-0.3, -0.25) is 9.69 Å². The second kappa shape index (κ2) is 9.06. The predicted molar refractivity (Wildman–Crippen MR) is 134 cm³/mol. The van der Waals surface area contributed by atoms with Gasteiger partial charge in [-0.15, -0.1) is 0 Å². The van der Waals surface area contributed by atoms with Crippen molar-refractivity contribution < 1.29 is 4.79 Å². The molecule has 0 saturated carbocycles. The van der Waals surface area contributed by atoms with Crippen molar-refractivity contribution in [2.45, 2.75) is 6.92 Å². The molecule has 5 rings (SSSR count). The van der Waals surface area contributed by atoms with Crippen LogP contribution in [-0.2, 0) is 0 Å². The first-order valence-electron chi connectivity index (χ1n) is 10.9. The van der Waals surface area contributed by atoms with E-state index in [1.165, 1.54) is 4.70 Å². The van der Waals surface area contributed by atoms with Crippen LogP contribution >= 0.6 is 22.9 Å². The number of aromatic nitrogens is 1. The molecule has 3 aromatic carbocycles. The number of amides is 1. The molecule has 5 nitrogen and oxygen atoms in total. The minimum absolute atomic E-state index is 0.0158. The van der Waals surface area contributed by atoms with Crippen LogP contribution in [0.3, 0.4) is 0 Å². The Morgan fingerprint density at radius 2 is 1.84 bits per heavy atom. The van der Waals surface area contributed by atoms with E-state index in [9.17, 15) is 4.79 Å². The molecule has 1 saturated heterocycles. The lowest BCUT2D eigenvalue weighted by Gasteiger charge is -2.34. The molecule has 0 atom stereocenters. The largest absolute Gasteiger partial charge is 0.351 e. The number of nitrogens with zero attached hydrogens (tertiary/aromatic N) is 3. The normalized spacial score (nSPS) is 14.9. The average molecular weight is 465 g/mol. The third-order valence-corrected chi connectivity index (χ3v) is 7.60. The number of hydrogen-bond acceptors (Lipinski definition) is 5. The highest BCUT2D eigenvalue weighted by molar-refractivity contribution is 7.22. The third kappa shape index (κ3) is 4.31. The Morgan fingerprint density at radius 3 is 2.66 bits per heavy atom. The van der Waals surface area contributed by atoms with E-state index in [-0.39, 0.29) is 5.91 Å². The van der Waals surface area contributed by atoms with Crippen molar-refractivity contribution in [3.8, 4) is 0 Å². The number of carbonyl (C=O) groups excluding carboxylic acids is 1. The van der Waals surface area contributed by atoms with Crippen LogP contribution in [0.15, 0.2) is 54.6 Å². The molecule has 1 N–H and O–H groups in total. The summed E-state index contributed by atoms with van der Waals surface area (Å²) in [6, 6.07) is 17.9. The zero-order valence-electron chi connectivity index (χ0n) is 18.0. The van der Waals surface area contributed by atoms with Gasteiger partial charge in [-0.2, -0.15) is 0 Å². The molecule has 0 aliphatic carbocycles. The zero-order chi connectivity index (χ0) is 22.1. The molecule has 7 heteroatoms. The van der Waals surface area contributed by atoms with Gasteiger partial charge in [0.05, 0.1) is 10.2 Å². The third-order valence-electron chi connectivity index (χ3n) is 6.10. The lowest BCUT2D eigenvalue weighted by molar-refractivity contribution is 0.0948. The summed E-state index contributed by atoms with van der Waals surface area (Å²) in [7, 11) is 0. The van der Waals surface area contributed by atoms with Crippen LogP contribution in [0.2, 0.25) is 5.02 Å². The molecule has 0 bridgehead atoms. The highest BCUT2D eigenvalue weighted by atomic mass is 35.5. The number of fused-ring (bicyclic) bond motifs is 2. The van der Waals surface area contributed by atoms with E-state index in [0.717, 1.165) is 64.7 Å². The minimum Gasteiger partial charge on any atom is -0.351 e. The van der Waals surface area contributed by atoms with Crippen molar-refractivity contribution in [3.63, 3.8) is 0 Å². The van der Waals surface area contributed by atoms with Gasteiger partial charge in [-0.05, 0) is 47.5 Å². The fourth-order valence-corrected chi connectivity index (χ4v) is 5.38. The van der Waals surface area contributed by atoms with Crippen molar-refractivity contribution in [2.75, 3.05) is 44.2 Å². The number of anilines is 1. The number of aryl methyl sites for hydroxylation is 1. The number of halogens is 1. The minimum atomic E-state index is -0.0158. The Labute approximate surface area is 196 Å². The van der Waals surface area contributed by atoms with Crippen molar-refractivity contribution >= 4 is 55.0 Å². The maximum atomic E-state index is 12.5.